The molecule has 0 fully saturated rings. The van der Waals surface area contributed by atoms with Gasteiger partial charge in [0.2, 0.25) is 0 Å². The highest BCUT2D eigenvalue weighted by Gasteiger charge is 2.12. The number of rotatable bonds is 3. The predicted molar refractivity (Wildman–Crippen MR) is 48.1 cm³/mol. The molecule has 1 rings (SSSR count). The van der Waals surface area contributed by atoms with E-state index in [-0.39, 0.29) is 0 Å². The van der Waals surface area contributed by atoms with Gasteiger partial charge in [0.15, 0.2) is 0 Å². The molecule has 2 N–H and O–H groups in total. The topological polar surface area (TPSA) is 40.5 Å². The second kappa shape index (κ2) is 3.90. The Kier molecular flexibility index (Phi) is 3.11. The minimum atomic E-state index is -1.30. The molecular formula is C7H11BO2S. The maximum atomic E-state index is 8.77. The third-order valence-corrected chi connectivity index (χ3v) is 2.62. The van der Waals surface area contributed by atoms with Crippen LogP contribution in [-0.4, -0.2) is 17.2 Å². The molecule has 4 heteroatoms. The number of aryl methyl sites for hydroxylation is 1. The molecule has 0 aliphatic heterocycles. The fourth-order valence-corrected chi connectivity index (χ4v) is 1.90. The van der Waals surface area contributed by atoms with Crippen molar-refractivity contribution in [1.82, 2.24) is 0 Å². The van der Waals surface area contributed by atoms with E-state index in [0.29, 0.717) is 4.78 Å². The molecule has 2 nitrogen and oxygen atoms in total. The van der Waals surface area contributed by atoms with Crippen LogP contribution in [-0.2, 0) is 6.42 Å². The van der Waals surface area contributed by atoms with Crippen LogP contribution in [0.1, 0.15) is 18.2 Å². The summed E-state index contributed by atoms with van der Waals surface area (Å²) in [6.45, 7) is 2.11. The van der Waals surface area contributed by atoms with E-state index < -0.39 is 7.12 Å². The van der Waals surface area contributed by atoms with Crippen LogP contribution in [0.15, 0.2) is 12.1 Å². The molecule has 0 amide bonds. The van der Waals surface area contributed by atoms with Crippen molar-refractivity contribution in [2.24, 2.45) is 0 Å². The lowest BCUT2D eigenvalue weighted by Gasteiger charge is -1.91. The highest BCUT2D eigenvalue weighted by Crippen LogP contribution is 2.09. The minimum Gasteiger partial charge on any atom is -0.423 e. The van der Waals surface area contributed by atoms with E-state index in [1.807, 2.05) is 6.07 Å². The third kappa shape index (κ3) is 2.32. The molecule has 0 radical (unpaired) electrons. The van der Waals surface area contributed by atoms with Crippen LogP contribution in [0.4, 0.5) is 0 Å². The molecule has 11 heavy (non-hydrogen) atoms. The summed E-state index contributed by atoms with van der Waals surface area (Å²) in [5.41, 5.74) is 0. The lowest BCUT2D eigenvalue weighted by molar-refractivity contribution is 0.427. The van der Waals surface area contributed by atoms with Gasteiger partial charge >= 0.3 is 7.12 Å². The van der Waals surface area contributed by atoms with Crippen molar-refractivity contribution in [2.45, 2.75) is 19.8 Å². The minimum absolute atomic E-state index is 0.633. The lowest BCUT2D eigenvalue weighted by Crippen LogP contribution is -2.26. The predicted octanol–water partition coefficient (Wildman–Crippen LogP) is 0.380. The first-order chi connectivity index (χ1) is 5.24. The fraction of sp³-hybridized carbons (Fsp3) is 0.429. The van der Waals surface area contributed by atoms with Crippen LogP contribution < -0.4 is 4.78 Å². The number of hydrogen-bond donors (Lipinski definition) is 2. The molecule has 0 unspecified atom stereocenters. The van der Waals surface area contributed by atoms with Gasteiger partial charge < -0.3 is 10.0 Å². The summed E-state index contributed by atoms with van der Waals surface area (Å²) in [6, 6.07) is 3.71. The van der Waals surface area contributed by atoms with Crippen LogP contribution in [0, 0.1) is 0 Å². The second-order valence-corrected chi connectivity index (χ2v) is 3.63. The number of hydrogen-bond acceptors (Lipinski definition) is 3. The Hall–Kier alpha value is -0.315. The molecule has 0 bridgehead atoms. The van der Waals surface area contributed by atoms with Crippen LogP contribution in [0.5, 0.6) is 0 Å². The molecule has 0 saturated carbocycles. The Morgan fingerprint density at radius 1 is 1.45 bits per heavy atom. The van der Waals surface area contributed by atoms with E-state index in [0.717, 1.165) is 12.8 Å². The maximum Gasteiger partial charge on any atom is 0.499 e. The first-order valence-corrected chi connectivity index (χ1v) is 4.50. The Bertz CT molecular complexity index is 222. The van der Waals surface area contributed by atoms with Gasteiger partial charge in [-0.25, -0.2) is 0 Å². The Balaban J connectivity index is 2.66. The molecule has 0 aliphatic carbocycles. The van der Waals surface area contributed by atoms with E-state index in [4.69, 9.17) is 10.0 Å². The third-order valence-electron chi connectivity index (χ3n) is 1.43. The summed E-state index contributed by atoms with van der Waals surface area (Å²) in [4.78, 5) is 1.22. The van der Waals surface area contributed by atoms with E-state index in [1.54, 1.807) is 6.07 Å². The molecule has 1 aromatic rings. The van der Waals surface area contributed by atoms with Gasteiger partial charge in [0, 0.05) is 9.65 Å². The first kappa shape index (κ1) is 8.78. The van der Waals surface area contributed by atoms with Crippen LogP contribution in [0.2, 0.25) is 0 Å². The summed E-state index contributed by atoms with van der Waals surface area (Å²) >= 11 is 1.47. The molecule has 1 heterocycles. The Morgan fingerprint density at radius 2 is 2.18 bits per heavy atom. The standard InChI is InChI=1S/C7H11BO2S/c1-2-3-6-4-5-7(11-6)8(9)10/h4-5,9-10H,2-3H2,1H3. The van der Waals surface area contributed by atoms with Gasteiger partial charge in [-0.1, -0.05) is 19.4 Å². The molecule has 60 valence electrons. The highest BCUT2D eigenvalue weighted by molar-refractivity contribution is 7.22. The van der Waals surface area contributed by atoms with Gasteiger partial charge in [-0.2, -0.15) is 0 Å². The van der Waals surface area contributed by atoms with Crippen molar-refractivity contribution < 1.29 is 10.0 Å². The first-order valence-electron chi connectivity index (χ1n) is 3.68. The van der Waals surface area contributed by atoms with E-state index in [9.17, 15) is 0 Å². The van der Waals surface area contributed by atoms with Gasteiger partial charge in [-0.05, 0) is 12.5 Å². The Labute approximate surface area is 70.6 Å². The van der Waals surface area contributed by atoms with Crippen molar-refractivity contribution in [3.63, 3.8) is 0 Å². The molecule has 0 aromatic carbocycles. The zero-order valence-corrected chi connectivity index (χ0v) is 7.27. The van der Waals surface area contributed by atoms with Crippen molar-refractivity contribution in [1.29, 1.82) is 0 Å². The quantitative estimate of drug-likeness (QED) is 0.643. The van der Waals surface area contributed by atoms with E-state index in [1.165, 1.54) is 16.2 Å². The van der Waals surface area contributed by atoms with E-state index >= 15 is 0 Å². The Morgan fingerprint density at radius 3 is 2.64 bits per heavy atom. The van der Waals surface area contributed by atoms with Gasteiger partial charge in [0.1, 0.15) is 0 Å². The zero-order chi connectivity index (χ0) is 8.27. The molecule has 1 aromatic heterocycles. The highest BCUT2D eigenvalue weighted by atomic mass is 32.1. The van der Waals surface area contributed by atoms with Crippen LogP contribution in [0.3, 0.4) is 0 Å². The summed E-state index contributed by atoms with van der Waals surface area (Å²) < 4.78 is 0.633. The summed E-state index contributed by atoms with van der Waals surface area (Å²) in [5, 5.41) is 17.5. The SMILES string of the molecule is CCCc1ccc(B(O)O)s1. The van der Waals surface area contributed by atoms with E-state index in [2.05, 4.69) is 6.92 Å². The average molecular weight is 170 g/mol. The van der Waals surface area contributed by atoms with Crippen LogP contribution in [0.25, 0.3) is 0 Å². The van der Waals surface area contributed by atoms with Gasteiger partial charge in [0.05, 0.1) is 0 Å². The van der Waals surface area contributed by atoms with Gasteiger partial charge in [-0.3, -0.25) is 0 Å². The molecule has 0 atom stereocenters. The molecule has 0 aliphatic rings. The smallest absolute Gasteiger partial charge is 0.423 e. The molecular weight excluding hydrogens is 159 g/mol. The average Bonchev–Trinajstić information content (AvgIpc) is 2.37. The van der Waals surface area contributed by atoms with Crippen molar-refractivity contribution in [3.05, 3.63) is 17.0 Å². The van der Waals surface area contributed by atoms with Crippen molar-refractivity contribution >= 4 is 23.2 Å². The van der Waals surface area contributed by atoms with Crippen molar-refractivity contribution in [3.8, 4) is 0 Å². The maximum absolute atomic E-state index is 8.77. The van der Waals surface area contributed by atoms with Crippen LogP contribution >= 0.6 is 11.3 Å². The molecule has 0 spiro atoms. The fourth-order valence-electron chi connectivity index (χ4n) is 0.914. The van der Waals surface area contributed by atoms with Gasteiger partial charge in [0.25, 0.3) is 0 Å². The molecule has 0 saturated heterocycles. The summed E-state index contributed by atoms with van der Waals surface area (Å²) in [5.74, 6) is 0. The zero-order valence-electron chi connectivity index (χ0n) is 6.45. The number of thiophene rings is 1. The summed E-state index contributed by atoms with van der Waals surface area (Å²) in [6.07, 6.45) is 2.12. The van der Waals surface area contributed by atoms with Gasteiger partial charge in [-0.15, -0.1) is 11.3 Å². The summed E-state index contributed by atoms with van der Waals surface area (Å²) in [7, 11) is -1.30. The second-order valence-electron chi connectivity index (χ2n) is 2.43. The normalized spacial score (nSPS) is 10.1. The largest absolute Gasteiger partial charge is 0.499 e. The lowest BCUT2D eigenvalue weighted by atomic mass is 9.90. The van der Waals surface area contributed by atoms with Crippen molar-refractivity contribution in [2.75, 3.05) is 0 Å². The monoisotopic (exact) mass is 170 g/mol.